The average molecular weight is 306 g/mol. The highest BCUT2D eigenvalue weighted by molar-refractivity contribution is 5.90. The maximum absolute atomic E-state index is 12.9. The third kappa shape index (κ3) is 5.30. The molecule has 6 nitrogen and oxygen atoms in total. The number of anilines is 2. The predicted octanol–water partition coefficient (Wildman–Crippen LogP) is 2.20. The second kappa shape index (κ2) is 6.93. The van der Waals surface area contributed by atoms with Crippen LogP contribution in [0, 0.1) is 0 Å². The predicted molar refractivity (Wildman–Crippen MR) is 67.8 cm³/mol. The zero-order chi connectivity index (χ0) is 16.0. The number of aliphatic hydroxyl groups excluding tert-OH is 1. The fourth-order valence-corrected chi connectivity index (χ4v) is 1.45. The van der Waals surface area contributed by atoms with Crippen LogP contribution in [0.1, 0.15) is 12.5 Å². The molecule has 0 bridgehead atoms. The molecule has 0 spiro atoms. The largest absolute Gasteiger partial charge is 0.447 e. The van der Waals surface area contributed by atoms with Crippen LogP contribution in [0.25, 0.3) is 0 Å². The Morgan fingerprint density at radius 3 is 2.48 bits per heavy atom. The Labute approximate surface area is 117 Å². The van der Waals surface area contributed by atoms with Gasteiger partial charge in [-0.05, 0) is 18.2 Å². The van der Waals surface area contributed by atoms with Crippen molar-refractivity contribution in [1.82, 2.24) is 0 Å². The maximum Gasteiger partial charge on any atom is 0.418 e. The number of aliphatic hydroxyl groups is 1. The van der Waals surface area contributed by atoms with Crippen LogP contribution in [-0.4, -0.2) is 30.3 Å². The Bertz CT molecular complexity index is 532. The maximum atomic E-state index is 12.9. The minimum absolute atomic E-state index is 0.0518. The zero-order valence-electron chi connectivity index (χ0n) is 11.0. The molecule has 1 aromatic carbocycles. The summed E-state index contributed by atoms with van der Waals surface area (Å²) in [5, 5.41) is 12.6. The summed E-state index contributed by atoms with van der Waals surface area (Å²) in [5.74, 6) is -0.522. The summed E-state index contributed by atoms with van der Waals surface area (Å²) in [6, 6.07) is 2.90. The van der Waals surface area contributed by atoms with Gasteiger partial charge in [-0.2, -0.15) is 13.2 Å². The Hall–Kier alpha value is -2.29. The van der Waals surface area contributed by atoms with Gasteiger partial charge in [0.05, 0.1) is 17.9 Å². The molecule has 0 aliphatic rings. The van der Waals surface area contributed by atoms with E-state index in [4.69, 9.17) is 5.11 Å². The topological polar surface area (TPSA) is 87.7 Å². The van der Waals surface area contributed by atoms with Crippen LogP contribution in [-0.2, 0) is 15.7 Å². The highest BCUT2D eigenvalue weighted by Crippen LogP contribution is 2.36. The molecule has 0 aliphatic carbocycles. The first-order chi connectivity index (χ1) is 9.74. The molecular formula is C12H13F3N2O4. The van der Waals surface area contributed by atoms with Crippen molar-refractivity contribution < 1.29 is 32.6 Å². The number of alkyl halides is 3. The SMILES string of the molecule is CC(=O)Nc1ccc(NC(=O)OCCO)c(C(F)(F)F)c1. The minimum atomic E-state index is -4.73. The number of benzene rings is 1. The van der Waals surface area contributed by atoms with Crippen LogP contribution in [0.2, 0.25) is 0 Å². The number of hydrogen-bond donors (Lipinski definition) is 3. The van der Waals surface area contributed by atoms with Crippen molar-refractivity contribution >= 4 is 23.4 Å². The molecule has 0 saturated carbocycles. The Balaban J connectivity index is 3.02. The molecule has 0 radical (unpaired) electrons. The standard InChI is InChI=1S/C12H13F3N2O4/c1-7(19)16-8-2-3-10(9(6-8)12(13,14)15)17-11(20)21-5-4-18/h2-3,6,18H,4-5H2,1H3,(H,16,19)(H,17,20). The summed E-state index contributed by atoms with van der Waals surface area (Å²) in [7, 11) is 0. The van der Waals surface area contributed by atoms with Gasteiger partial charge < -0.3 is 15.2 Å². The zero-order valence-corrected chi connectivity index (χ0v) is 11.0. The molecule has 0 aromatic heterocycles. The average Bonchev–Trinajstić information content (AvgIpc) is 2.36. The monoisotopic (exact) mass is 306 g/mol. The van der Waals surface area contributed by atoms with Crippen molar-refractivity contribution in [2.24, 2.45) is 0 Å². The van der Waals surface area contributed by atoms with E-state index in [1.807, 2.05) is 5.32 Å². The lowest BCUT2D eigenvalue weighted by atomic mass is 10.1. The van der Waals surface area contributed by atoms with Gasteiger partial charge in [-0.3, -0.25) is 10.1 Å². The summed E-state index contributed by atoms with van der Waals surface area (Å²) in [6.07, 6.45) is -5.85. The Kier molecular flexibility index (Phi) is 5.53. The number of halogens is 3. The van der Waals surface area contributed by atoms with Gasteiger partial charge in [-0.25, -0.2) is 4.79 Å². The van der Waals surface area contributed by atoms with E-state index in [-0.39, 0.29) is 12.3 Å². The molecule has 2 amide bonds. The van der Waals surface area contributed by atoms with E-state index in [1.54, 1.807) is 0 Å². The number of hydrogen-bond acceptors (Lipinski definition) is 4. The molecule has 21 heavy (non-hydrogen) atoms. The highest BCUT2D eigenvalue weighted by Gasteiger charge is 2.34. The number of carbonyl (C=O) groups is 2. The van der Waals surface area contributed by atoms with E-state index in [0.29, 0.717) is 6.07 Å². The summed E-state index contributed by atoms with van der Waals surface area (Å²) in [4.78, 5) is 22.1. The van der Waals surface area contributed by atoms with Gasteiger partial charge in [-0.1, -0.05) is 0 Å². The molecule has 1 rings (SSSR count). The molecule has 0 unspecified atom stereocenters. The van der Waals surface area contributed by atoms with Gasteiger partial charge in [0.1, 0.15) is 6.61 Å². The second-order valence-corrected chi connectivity index (χ2v) is 3.92. The molecule has 0 aliphatic heterocycles. The van der Waals surface area contributed by atoms with Crippen molar-refractivity contribution in [1.29, 1.82) is 0 Å². The number of amides is 2. The number of nitrogens with one attached hydrogen (secondary N) is 2. The smallest absolute Gasteiger partial charge is 0.418 e. The molecule has 0 atom stereocenters. The Morgan fingerprint density at radius 1 is 1.29 bits per heavy atom. The van der Waals surface area contributed by atoms with Crippen molar-refractivity contribution in [3.05, 3.63) is 23.8 Å². The summed E-state index contributed by atoms with van der Waals surface area (Å²) < 4.78 is 43.2. The third-order valence-corrected chi connectivity index (χ3v) is 2.21. The summed E-state index contributed by atoms with van der Waals surface area (Å²) in [5.41, 5.74) is -1.70. The van der Waals surface area contributed by atoms with Crippen molar-refractivity contribution in [2.75, 3.05) is 23.8 Å². The number of carbonyl (C=O) groups excluding carboxylic acids is 2. The van der Waals surface area contributed by atoms with E-state index in [1.165, 1.54) is 6.07 Å². The van der Waals surface area contributed by atoms with Crippen LogP contribution in [0.3, 0.4) is 0 Å². The van der Waals surface area contributed by atoms with Gasteiger partial charge in [0.25, 0.3) is 0 Å². The van der Waals surface area contributed by atoms with E-state index in [2.05, 4.69) is 10.1 Å². The lowest BCUT2D eigenvalue weighted by Gasteiger charge is -2.15. The van der Waals surface area contributed by atoms with Crippen LogP contribution >= 0.6 is 0 Å². The molecule has 1 aromatic rings. The van der Waals surface area contributed by atoms with E-state index >= 15 is 0 Å². The third-order valence-electron chi connectivity index (χ3n) is 2.21. The molecule has 0 saturated heterocycles. The van der Waals surface area contributed by atoms with Crippen LogP contribution in [0.4, 0.5) is 29.3 Å². The fraction of sp³-hybridized carbons (Fsp3) is 0.333. The van der Waals surface area contributed by atoms with E-state index < -0.39 is 36.0 Å². The molecule has 116 valence electrons. The molecule has 0 heterocycles. The number of rotatable bonds is 4. The lowest BCUT2D eigenvalue weighted by Crippen LogP contribution is -2.19. The lowest BCUT2D eigenvalue weighted by molar-refractivity contribution is -0.137. The van der Waals surface area contributed by atoms with Gasteiger partial charge in [0, 0.05) is 12.6 Å². The van der Waals surface area contributed by atoms with Crippen LogP contribution < -0.4 is 10.6 Å². The summed E-state index contributed by atoms with van der Waals surface area (Å²) >= 11 is 0. The second-order valence-electron chi connectivity index (χ2n) is 3.92. The van der Waals surface area contributed by atoms with Gasteiger partial charge in [-0.15, -0.1) is 0 Å². The first-order valence-electron chi connectivity index (χ1n) is 5.77. The van der Waals surface area contributed by atoms with Crippen molar-refractivity contribution in [3.63, 3.8) is 0 Å². The fourth-order valence-electron chi connectivity index (χ4n) is 1.45. The molecule has 0 fully saturated rings. The normalized spacial score (nSPS) is 10.9. The van der Waals surface area contributed by atoms with Gasteiger partial charge in [0.15, 0.2) is 0 Å². The first-order valence-corrected chi connectivity index (χ1v) is 5.77. The minimum Gasteiger partial charge on any atom is -0.447 e. The van der Waals surface area contributed by atoms with Gasteiger partial charge >= 0.3 is 12.3 Å². The quantitative estimate of drug-likeness (QED) is 0.796. The Morgan fingerprint density at radius 2 is 1.95 bits per heavy atom. The molecular weight excluding hydrogens is 293 g/mol. The first kappa shape index (κ1) is 16.8. The van der Waals surface area contributed by atoms with Crippen LogP contribution in [0.15, 0.2) is 18.2 Å². The van der Waals surface area contributed by atoms with Crippen LogP contribution in [0.5, 0.6) is 0 Å². The molecule has 3 N–H and O–H groups in total. The van der Waals surface area contributed by atoms with Crippen molar-refractivity contribution in [2.45, 2.75) is 13.1 Å². The van der Waals surface area contributed by atoms with E-state index in [9.17, 15) is 22.8 Å². The molecule has 9 heteroatoms. The number of ether oxygens (including phenoxy) is 1. The van der Waals surface area contributed by atoms with Gasteiger partial charge in [0.2, 0.25) is 5.91 Å². The highest BCUT2D eigenvalue weighted by atomic mass is 19.4. The van der Waals surface area contributed by atoms with Crippen molar-refractivity contribution in [3.8, 4) is 0 Å². The van der Waals surface area contributed by atoms with E-state index in [0.717, 1.165) is 13.0 Å². The summed E-state index contributed by atoms with van der Waals surface area (Å²) in [6.45, 7) is 0.379.